The largest absolute Gasteiger partial charge is 0.444 e. The number of hydrogen-bond acceptors (Lipinski definition) is 5. The van der Waals surface area contributed by atoms with Gasteiger partial charge in [0.25, 0.3) is 0 Å². The first kappa shape index (κ1) is 16.2. The molecule has 6 heteroatoms. The molecule has 1 aliphatic heterocycles. The quantitative estimate of drug-likeness (QED) is 0.932. The lowest BCUT2D eigenvalue weighted by Crippen LogP contribution is -2.49. The van der Waals surface area contributed by atoms with Crippen LogP contribution in [0.3, 0.4) is 0 Å². The van der Waals surface area contributed by atoms with Crippen molar-refractivity contribution < 1.29 is 9.53 Å². The molecule has 0 aromatic carbocycles. The molecule has 1 saturated heterocycles. The van der Waals surface area contributed by atoms with Gasteiger partial charge in [-0.3, -0.25) is 0 Å². The molecule has 0 bridgehead atoms. The van der Waals surface area contributed by atoms with Gasteiger partial charge in [-0.25, -0.2) is 9.78 Å². The molecular formula is C15H25N3O2S. The van der Waals surface area contributed by atoms with Crippen molar-refractivity contribution in [3.8, 4) is 0 Å². The Bertz CT molecular complexity index is 482. The molecule has 0 unspecified atom stereocenters. The molecule has 21 heavy (non-hydrogen) atoms. The number of piperidine rings is 1. The lowest BCUT2D eigenvalue weighted by Gasteiger charge is -2.34. The summed E-state index contributed by atoms with van der Waals surface area (Å²) in [6.45, 7) is 10.1. The maximum absolute atomic E-state index is 12.1. The second-order valence-electron chi connectivity index (χ2n) is 6.51. The molecule has 118 valence electrons. The lowest BCUT2D eigenvalue weighted by atomic mass is 10.1. The van der Waals surface area contributed by atoms with Gasteiger partial charge < -0.3 is 15.0 Å². The average molecular weight is 311 g/mol. The van der Waals surface area contributed by atoms with Crippen LogP contribution in [0, 0.1) is 6.92 Å². The van der Waals surface area contributed by atoms with Gasteiger partial charge in [0.1, 0.15) is 5.60 Å². The van der Waals surface area contributed by atoms with E-state index >= 15 is 0 Å². The topological polar surface area (TPSA) is 54.5 Å². The van der Waals surface area contributed by atoms with E-state index < -0.39 is 5.60 Å². The second-order valence-corrected chi connectivity index (χ2v) is 7.45. The highest BCUT2D eigenvalue weighted by Gasteiger charge is 2.27. The standard InChI is InChI=1S/C15H25N3O2S/c1-11-13(21-10-17-11)8-16-12-6-5-7-18(9-12)14(19)20-15(2,3)4/h10,12,16H,5-9H2,1-4H3/t12-/m0/s1. The molecule has 1 fully saturated rings. The van der Waals surface area contributed by atoms with Crippen LogP contribution in [0.15, 0.2) is 5.51 Å². The van der Waals surface area contributed by atoms with Crippen LogP contribution in [0.2, 0.25) is 0 Å². The molecule has 5 nitrogen and oxygen atoms in total. The maximum Gasteiger partial charge on any atom is 0.410 e. The predicted molar refractivity (Wildman–Crippen MR) is 84.5 cm³/mol. The van der Waals surface area contributed by atoms with E-state index in [9.17, 15) is 4.79 Å². The molecular weight excluding hydrogens is 286 g/mol. The van der Waals surface area contributed by atoms with E-state index in [0.717, 1.165) is 31.6 Å². The zero-order valence-corrected chi connectivity index (χ0v) is 14.1. The number of aromatic nitrogens is 1. The van der Waals surface area contributed by atoms with Gasteiger partial charge in [0.05, 0.1) is 11.2 Å². The minimum atomic E-state index is -0.433. The highest BCUT2D eigenvalue weighted by atomic mass is 32.1. The second kappa shape index (κ2) is 6.75. The molecule has 1 atom stereocenters. The Morgan fingerprint density at radius 2 is 2.33 bits per heavy atom. The fourth-order valence-corrected chi connectivity index (χ4v) is 3.10. The van der Waals surface area contributed by atoms with Crippen LogP contribution in [-0.2, 0) is 11.3 Å². The van der Waals surface area contributed by atoms with Crippen LogP contribution >= 0.6 is 11.3 Å². The summed E-state index contributed by atoms with van der Waals surface area (Å²) in [5, 5.41) is 3.53. The normalized spacial score (nSPS) is 19.6. The van der Waals surface area contributed by atoms with Gasteiger partial charge in [0.15, 0.2) is 0 Å². The van der Waals surface area contributed by atoms with Crippen molar-refractivity contribution in [3.05, 3.63) is 16.1 Å². The number of rotatable bonds is 3. The zero-order chi connectivity index (χ0) is 15.5. The first-order valence-electron chi connectivity index (χ1n) is 7.45. The number of likely N-dealkylation sites (tertiary alicyclic amines) is 1. The van der Waals surface area contributed by atoms with Crippen LogP contribution in [0.5, 0.6) is 0 Å². The van der Waals surface area contributed by atoms with E-state index in [4.69, 9.17) is 4.74 Å². The molecule has 2 rings (SSSR count). The van der Waals surface area contributed by atoms with Gasteiger partial charge in [-0.2, -0.15) is 0 Å². The van der Waals surface area contributed by atoms with Crippen molar-refractivity contribution in [1.82, 2.24) is 15.2 Å². The molecule has 1 aromatic rings. The molecule has 2 heterocycles. The number of aryl methyl sites for hydroxylation is 1. The first-order valence-corrected chi connectivity index (χ1v) is 8.33. The zero-order valence-electron chi connectivity index (χ0n) is 13.3. The molecule has 0 saturated carbocycles. The third-order valence-electron chi connectivity index (χ3n) is 3.47. The number of nitrogens with zero attached hydrogens (tertiary/aromatic N) is 2. The minimum Gasteiger partial charge on any atom is -0.444 e. The Morgan fingerprint density at radius 3 is 2.95 bits per heavy atom. The van der Waals surface area contributed by atoms with Crippen LogP contribution in [0.25, 0.3) is 0 Å². The third-order valence-corrected chi connectivity index (χ3v) is 4.40. The fraction of sp³-hybridized carbons (Fsp3) is 0.733. The van der Waals surface area contributed by atoms with Gasteiger partial charge in [0.2, 0.25) is 0 Å². The predicted octanol–water partition coefficient (Wildman–Crippen LogP) is 2.94. The van der Waals surface area contributed by atoms with Crippen LogP contribution in [-0.4, -0.2) is 40.7 Å². The summed E-state index contributed by atoms with van der Waals surface area (Å²) in [7, 11) is 0. The van der Waals surface area contributed by atoms with Crippen molar-refractivity contribution in [2.24, 2.45) is 0 Å². The average Bonchev–Trinajstić information content (AvgIpc) is 2.80. The van der Waals surface area contributed by atoms with Crippen LogP contribution in [0.4, 0.5) is 4.79 Å². The molecule has 1 N–H and O–H groups in total. The summed E-state index contributed by atoms with van der Waals surface area (Å²) in [6.07, 6.45) is 1.90. The van der Waals surface area contributed by atoms with Gasteiger partial charge in [0, 0.05) is 30.6 Å². The van der Waals surface area contributed by atoms with E-state index in [2.05, 4.69) is 10.3 Å². The number of hydrogen-bond donors (Lipinski definition) is 1. The van der Waals surface area contributed by atoms with Crippen molar-refractivity contribution in [2.45, 2.75) is 58.7 Å². The van der Waals surface area contributed by atoms with Crippen molar-refractivity contribution in [2.75, 3.05) is 13.1 Å². The monoisotopic (exact) mass is 311 g/mol. The molecule has 0 aliphatic carbocycles. The minimum absolute atomic E-state index is 0.206. The van der Waals surface area contributed by atoms with E-state index in [1.54, 1.807) is 11.3 Å². The number of amides is 1. The summed E-state index contributed by atoms with van der Waals surface area (Å²) in [6, 6.07) is 0.327. The van der Waals surface area contributed by atoms with Gasteiger partial charge >= 0.3 is 6.09 Å². The summed E-state index contributed by atoms with van der Waals surface area (Å²) < 4.78 is 5.45. The van der Waals surface area contributed by atoms with E-state index in [1.165, 1.54) is 4.88 Å². The summed E-state index contributed by atoms with van der Waals surface area (Å²) >= 11 is 1.67. The third kappa shape index (κ3) is 4.97. The number of carbonyl (C=O) groups excluding carboxylic acids is 1. The SMILES string of the molecule is Cc1ncsc1CN[C@H]1CCCN(C(=O)OC(C)(C)C)C1. The molecule has 0 spiro atoms. The van der Waals surface area contributed by atoms with Crippen molar-refractivity contribution in [1.29, 1.82) is 0 Å². The van der Waals surface area contributed by atoms with E-state index in [-0.39, 0.29) is 6.09 Å². The van der Waals surface area contributed by atoms with Gasteiger partial charge in [-0.15, -0.1) is 11.3 Å². The summed E-state index contributed by atoms with van der Waals surface area (Å²) in [5.41, 5.74) is 2.53. The maximum atomic E-state index is 12.1. The number of nitrogens with one attached hydrogen (secondary N) is 1. The molecule has 0 radical (unpaired) electrons. The van der Waals surface area contributed by atoms with Crippen molar-refractivity contribution in [3.63, 3.8) is 0 Å². The Labute approximate surface area is 130 Å². The lowest BCUT2D eigenvalue weighted by molar-refractivity contribution is 0.0187. The van der Waals surface area contributed by atoms with E-state index in [0.29, 0.717) is 12.6 Å². The molecule has 1 aliphatic rings. The van der Waals surface area contributed by atoms with Crippen LogP contribution in [0.1, 0.15) is 44.2 Å². The van der Waals surface area contributed by atoms with E-state index in [1.807, 2.05) is 38.1 Å². The Morgan fingerprint density at radius 1 is 1.57 bits per heavy atom. The number of ether oxygens (including phenoxy) is 1. The van der Waals surface area contributed by atoms with Crippen LogP contribution < -0.4 is 5.32 Å². The highest BCUT2D eigenvalue weighted by molar-refractivity contribution is 7.09. The summed E-state index contributed by atoms with van der Waals surface area (Å²) in [5.74, 6) is 0. The van der Waals surface area contributed by atoms with Gasteiger partial charge in [-0.1, -0.05) is 0 Å². The Balaban J connectivity index is 1.83. The fourth-order valence-electron chi connectivity index (χ4n) is 2.37. The highest BCUT2D eigenvalue weighted by Crippen LogP contribution is 2.17. The number of carbonyl (C=O) groups is 1. The Kier molecular flexibility index (Phi) is 5.22. The first-order chi connectivity index (χ1) is 9.85. The molecule has 1 amide bonds. The van der Waals surface area contributed by atoms with Gasteiger partial charge in [-0.05, 0) is 40.5 Å². The van der Waals surface area contributed by atoms with Crippen molar-refractivity contribution >= 4 is 17.4 Å². The smallest absolute Gasteiger partial charge is 0.410 e. The number of thiazole rings is 1. The molecule has 1 aromatic heterocycles. The Hall–Kier alpha value is -1.14. The summed E-state index contributed by atoms with van der Waals surface area (Å²) in [4.78, 5) is 19.5.